The Morgan fingerprint density at radius 1 is 1.30 bits per heavy atom. The molecule has 3 nitrogen and oxygen atoms in total. The summed E-state index contributed by atoms with van der Waals surface area (Å²) in [7, 11) is 0. The van der Waals surface area contributed by atoms with Crippen LogP contribution in [-0.2, 0) is 12.8 Å². The Kier molecular flexibility index (Phi) is 3.70. The second-order valence-electron chi connectivity index (χ2n) is 5.41. The number of benzene rings is 1. The molecular weight excluding hydrogens is 246 g/mol. The molecule has 3 heteroatoms. The number of hydrogen-bond donors (Lipinski definition) is 1. The molecule has 1 aromatic heterocycles. The number of aromatic nitrogens is 1. The van der Waals surface area contributed by atoms with Gasteiger partial charge >= 0.3 is 0 Å². The predicted octanol–water partition coefficient (Wildman–Crippen LogP) is 2.98. The lowest BCUT2D eigenvalue weighted by Gasteiger charge is -2.31. The Balaban J connectivity index is 1.98. The number of hydrogen-bond acceptors (Lipinski definition) is 3. The predicted molar refractivity (Wildman–Crippen MR) is 83.5 cm³/mol. The molecule has 2 N–H and O–H groups in total. The van der Waals surface area contributed by atoms with Gasteiger partial charge in [0.25, 0.3) is 0 Å². The van der Waals surface area contributed by atoms with Crippen molar-refractivity contribution in [3.05, 3.63) is 53.2 Å². The fourth-order valence-corrected chi connectivity index (χ4v) is 2.97. The third-order valence-corrected chi connectivity index (χ3v) is 3.91. The van der Waals surface area contributed by atoms with Crippen LogP contribution in [0.25, 0.3) is 0 Å². The normalized spacial score (nSPS) is 14.2. The highest BCUT2D eigenvalue weighted by Gasteiger charge is 2.20. The number of pyridine rings is 1. The van der Waals surface area contributed by atoms with E-state index in [0.29, 0.717) is 6.54 Å². The van der Waals surface area contributed by atoms with E-state index < -0.39 is 0 Å². The summed E-state index contributed by atoms with van der Waals surface area (Å²) in [6.07, 6.45) is 5.21. The molecule has 0 aliphatic carbocycles. The summed E-state index contributed by atoms with van der Waals surface area (Å²) in [5.41, 5.74) is 10.8. The largest absolute Gasteiger partial charge is 0.330 e. The Morgan fingerprint density at radius 3 is 2.95 bits per heavy atom. The minimum Gasteiger partial charge on any atom is -0.330 e. The fourth-order valence-electron chi connectivity index (χ4n) is 2.97. The van der Waals surface area contributed by atoms with Gasteiger partial charge in [0.2, 0.25) is 0 Å². The van der Waals surface area contributed by atoms with Crippen molar-refractivity contribution in [3.63, 3.8) is 0 Å². The smallest absolute Gasteiger partial charge is 0.135 e. The molecule has 1 aliphatic heterocycles. The summed E-state index contributed by atoms with van der Waals surface area (Å²) >= 11 is 0. The van der Waals surface area contributed by atoms with E-state index in [1.807, 2.05) is 6.20 Å². The van der Waals surface area contributed by atoms with Crippen molar-refractivity contribution in [1.29, 1.82) is 0 Å². The van der Waals surface area contributed by atoms with Crippen molar-refractivity contribution >= 4 is 11.5 Å². The summed E-state index contributed by atoms with van der Waals surface area (Å²) in [5.74, 6) is 1.08. The molecule has 0 spiro atoms. The van der Waals surface area contributed by atoms with Crippen LogP contribution in [0.1, 0.15) is 23.1 Å². The van der Waals surface area contributed by atoms with E-state index in [-0.39, 0.29) is 0 Å². The number of nitrogens with two attached hydrogens (primary N) is 1. The van der Waals surface area contributed by atoms with Gasteiger partial charge in [-0.1, -0.05) is 24.3 Å². The Morgan fingerprint density at radius 2 is 2.15 bits per heavy atom. The molecule has 2 heterocycles. The number of rotatable bonds is 3. The lowest BCUT2D eigenvalue weighted by Crippen LogP contribution is -2.26. The maximum Gasteiger partial charge on any atom is 0.135 e. The van der Waals surface area contributed by atoms with E-state index in [1.54, 1.807) is 0 Å². The summed E-state index contributed by atoms with van der Waals surface area (Å²) in [6, 6.07) is 10.9. The van der Waals surface area contributed by atoms with Crippen LogP contribution < -0.4 is 10.6 Å². The monoisotopic (exact) mass is 267 g/mol. The van der Waals surface area contributed by atoms with Gasteiger partial charge in [0, 0.05) is 18.4 Å². The maximum atomic E-state index is 5.62. The first-order valence-corrected chi connectivity index (χ1v) is 7.30. The molecule has 1 aromatic carbocycles. The van der Waals surface area contributed by atoms with Crippen molar-refractivity contribution in [2.45, 2.75) is 26.2 Å². The average molecular weight is 267 g/mol. The zero-order valence-corrected chi connectivity index (χ0v) is 12.0. The van der Waals surface area contributed by atoms with Crippen LogP contribution >= 0.6 is 0 Å². The molecule has 20 heavy (non-hydrogen) atoms. The molecule has 3 rings (SSSR count). The Hall–Kier alpha value is -1.87. The van der Waals surface area contributed by atoms with E-state index >= 15 is 0 Å². The first kappa shape index (κ1) is 13.1. The van der Waals surface area contributed by atoms with Crippen molar-refractivity contribution in [1.82, 2.24) is 4.98 Å². The Bertz CT molecular complexity index is 607. The molecular formula is C17H21N3. The third kappa shape index (κ3) is 2.41. The number of para-hydroxylation sites is 1. The number of fused-ring (bicyclic) bond motifs is 1. The minimum atomic E-state index is 0.674. The van der Waals surface area contributed by atoms with Gasteiger partial charge in [-0.25, -0.2) is 4.98 Å². The molecule has 2 aromatic rings. The molecule has 104 valence electrons. The second kappa shape index (κ2) is 5.63. The maximum absolute atomic E-state index is 5.62. The summed E-state index contributed by atoms with van der Waals surface area (Å²) < 4.78 is 0. The van der Waals surface area contributed by atoms with E-state index in [9.17, 15) is 0 Å². The molecule has 0 amide bonds. The van der Waals surface area contributed by atoms with Crippen molar-refractivity contribution in [3.8, 4) is 0 Å². The van der Waals surface area contributed by atoms with Gasteiger partial charge in [0.05, 0.1) is 0 Å². The van der Waals surface area contributed by atoms with Gasteiger partial charge in [-0.2, -0.15) is 0 Å². The van der Waals surface area contributed by atoms with Crippen LogP contribution in [0.3, 0.4) is 0 Å². The SMILES string of the molecule is Cc1cc(CCN)cnc1N1CCCc2ccccc21. The molecule has 1 aliphatic rings. The average Bonchev–Trinajstić information content (AvgIpc) is 2.47. The Labute approximate surface area is 120 Å². The zero-order chi connectivity index (χ0) is 13.9. The fraction of sp³-hybridized carbons (Fsp3) is 0.353. The zero-order valence-electron chi connectivity index (χ0n) is 12.0. The lowest BCUT2D eigenvalue weighted by atomic mass is 10.0. The van der Waals surface area contributed by atoms with E-state index in [1.165, 1.54) is 28.8 Å². The first-order chi connectivity index (χ1) is 9.79. The summed E-state index contributed by atoms with van der Waals surface area (Å²) in [5, 5.41) is 0. The molecule has 0 radical (unpaired) electrons. The molecule has 0 fully saturated rings. The van der Waals surface area contributed by atoms with E-state index in [2.05, 4.69) is 47.1 Å². The molecule has 0 atom stereocenters. The number of aryl methyl sites for hydroxylation is 2. The van der Waals surface area contributed by atoms with Crippen LogP contribution in [-0.4, -0.2) is 18.1 Å². The van der Waals surface area contributed by atoms with Gasteiger partial charge < -0.3 is 10.6 Å². The lowest BCUT2D eigenvalue weighted by molar-refractivity contribution is 0.757. The van der Waals surface area contributed by atoms with Gasteiger partial charge in [-0.05, 0) is 55.5 Å². The van der Waals surface area contributed by atoms with Crippen molar-refractivity contribution in [2.75, 3.05) is 18.0 Å². The van der Waals surface area contributed by atoms with Gasteiger partial charge in [-0.3, -0.25) is 0 Å². The van der Waals surface area contributed by atoms with Gasteiger partial charge in [0.1, 0.15) is 5.82 Å². The highest BCUT2D eigenvalue weighted by atomic mass is 15.2. The quantitative estimate of drug-likeness (QED) is 0.929. The highest BCUT2D eigenvalue weighted by Crippen LogP contribution is 2.33. The number of anilines is 2. The second-order valence-corrected chi connectivity index (χ2v) is 5.41. The molecule has 0 saturated heterocycles. The van der Waals surface area contributed by atoms with Gasteiger partial charge in [-0.15, -0.1) is 0 Å². The minimum absolute atomic E-state index is 0.674. The first-order valence-electron chi connectivity index (χ1n) is 7.30. The van der Waals surface area contributed by atoms with Crippen molar-refractivity contribution in [2.24, 2.45) is 5.73 Å². The van der Waals surface area contributed by atoms with Gasteiger partial charge in [0.15, 0.2) is 0 Å². The van der Waals surface area contributed by atoms with Crippen LogP contribution in [0.2, 0.25) is 0 Å². The number of nitrogens with zero attached hydrogens (tertiary/aromatic N) is 2. The molecule has 0 bridgehead atoms. The van der Waals surface area contributed by atoms with E-state index in [0.717, 1.165) is 25.2 Å². The highest BCUT2D eigenvalue weighted by molar-refractivity contribution is 5.67. The van der Waals surface area contributed by atoms with Crippen LogP contribution in [0.15, 0.2) is 36.5 Å². The molecule has 0 unspecified atom stereocenters. The topological polar surface area (TPSA) is 42.1 Å². The van der Waals surface area contributed by atoms with Crippen LogP contribution in [0.5, 0.6) is 0 Å². The van der Waals surface area contributed by atoms with Crippen molar-refractivity contribution < 1.29 is 0 Å². The third-order valence-electron chi connectivity index (χ3n) is 3.91. The van der Waals surface area contributed by atoms with Crippen LogP contribution in [0, 0.1) is 6.92 Å². The molecule has 0 saturated carbocycles. The summed E-state index contributed by atoms with van der Waals surface area (Å²) in [6.45, 7) is 3.85. The summed E-state index contributed by atoms with van der Waals surface area (Å²) in [4.78, 5) is 7.04. The van der Waals surface area contributed by atoms with Crippen LogP contribution in [0.4, 0.5) is 11.5 Å². The van der Waals surface area contributed by atoms with E-state index in [4.69, 9.17) is 5.73 Å². The standard InChI is InChI=1S/C17H21N3/c1-13-11-14(8-9-18)12-19-17(13)20-10-4-6-15-5-2-3-7-16(15)20/h2-3,5,7,11-12H,4,6,8-10,18H2,1H3.